The molecule has 3 rings (SSSR count). The lowest BCUT2D eigenvalue weighted by Crippen LogP contribution is -2.38. The number of aryl methyl sites for hydroxylation is 1. The van der Waals surface area contributed by atoms with Crippen molar-refractivity contribution in [1.29, 1.82) is 0 Å². The van der Waals surface area contributed by atoms with Crippen molar-refractivity contribution in [3.63, 3.8) is 0 Å². The van der Waals surface area contributed by atoms with E-state index in [0.717, 1.165) is 5.75 Å². The third-order valence-corrected chi connectivity index (χ3v) is 5.46. The van der Waals surface area contributed by atoms with Crippen LogP contribution in [-0.4, -0.2) is 48.8 Å². The predicted octanol–water partition coefficient (Wildman–Crippen LogP) is 3.49. The highest BCUT2D eigenvalue weighted by Crippen LogP contribution is 2.32. The molecule has 29 heavy (non-hydrogen) atoms. The number of fused-ring (bicyclic) bond motifs is 1. The average molecular weight is 415 g/mol. The van der Waals surface area contributed by atoms with Crippen LogP contribution < -0.4 is 14.8 Å². The molecule has 2 aromatic rings. The number of hydrogen-bond donors (Lipinski definition) is 1. The zero-order chi connectivity index (χ0) is 20.6. The van der Waals surface area contributed by atoms with Gasteiger partial charge in [0.2, 0.25) is 11.8 Å². The quantitative estimate of drug-likeness (QED) is 0.716. The molecule has 0 spiro atoms. The molecule has 0 unspecified atom stereocenters. The summed E-state index contributed by atoms with van der Waals surface area (Å²) in [5.41, 5.74) is 3.03. The van der Waals surface area contributed by atoms with E-state index in [0.29, 0.717) is 42.7 Å². The van der Waals surface area contributed by atoms with Crippen LogP contribution >= 0.6 is 11.8 Å². The van der Waals surface area contributed by atoms with Crippen LogP contribution in [0.2, 0.25) is 0 Å². The number of thioether (sulfide) groups is 1. The molecule has 0 radical (unpaired) electrons. The normalized spacial score (nSPS) is 12.3. The number of nitrogens with zero attached hydrogens (tertiary/aromatic N) is 1. The summed E-state index contributed by atoms with van der Waals surface area (Å²) in [5.74, 6) is 2.13. The van der Waals surface area contributed by atoms with Crippen molar-refractivity contribution in [1.82, 2.24) is 4.90 Å². The molecule has 2 aromatic carbocycles. The molecule has 154 valence electrons. The minimum absolute atomic E-state index is 0.0226. The highest BCUT2D eigenvalue weighted by Gasteiger charge is 2.17. The van der Waals surface area contributed by atoms with Crippen LogP contribution in [0.4, 0.5) is 5.69 Å². The Bertz CT molecular complexity index is 872. The second-order valence-corrected chi connectivity index (χ2v) is 7.78. The van der Waals surface area contributed by atoms with Gasteiger partial charge in [-0.25, -0.2) is 0 Å². The molecule has 1 heterocycles. The van der Waals surface area contributed by atoms with Crippen molar-refractivity contribution in [2.45, 2.75) is 19.6 Å². The number of carbonyl (C=O) groups is 2. The van der Waals surface area contributed by atoms with Gasteiger partial charge in [0.1, 0.15) is 13.2 Å². The number of nitrogens with one attached hydrogen (secondary N) is 1. The number of carbonyl (C=O) groups excluding carboxylic acids is 2. The minimum Gasteiger partial charge on any atom is -0.486 e. The van der Waals surface area contributed by atoms with Gasteiger partial charge < -0.3 is 19.7 Å². The number of likely N-dealkylation sites (N-methyl/N-ethyl adjacent to an activating group) is 1. The molecule has 1 N–H and O–H groups in total. The summed E-state index contributed by atoms with van der Waals surface area (Å²) in [7, 11) is 0. The molecule has 0 atom stereocenters. The fraction of sp³-hybridized carbons (Fsp3) is 0.364. The number of rotatable bonds is 8. The van der Waals surface area contributed by atoms with E-state index in [-0.39, 0.29) is 18.4 Å². The maximum atomic E-state index is 12.5. The van der Waals surface area contributed by atoms with E-state index in [9.17, 15) is 9.59 Å². The standard InChI is InChI=1S/C22H26N2O4S/c1-3-24(22(26)15-29-14-17-6-4-5-16(2)11-17)13-21(25)23-18-7-8-19-20(12-18)28-10-9-27-19/h4-8,11-12H,3,9-10,13-15H2,1-2H3,(H,23,25). The number of benzene rings is 2. The first-order chi connectivity index (χ1) is 14.0. The van der Waals surface area contributed by atoms with Crippen LogP contribution in [0.25, 0.3) is 0 Å². The lowest BCUT2D eigenvalue weighted by molar-refractivity contribution is -0.132. The fourth-order valence-corrected chi connectivity index (χ4v) is 3.90. The molecule has 0 saturated heterocycles. The van der Waals surface area contributed by atoms with E-state index in [1.54, 1.807) is 34.9 Å². The molecular weight excluding hydrogens is 388 g/mol. The molecule has 0 fully saturated rings. The first-order valence-electron chi connectivity index (χ1n) is 9.65. The molecule has 0 saturated carbocycles. The van der Waals surface area contributed by atoms with E-state index >= 15 is 0 Å². The summed E-state index contributed by atoms with van der Waals surface area (Å²) < 4.78 is 11.0. The van der Waals surface area contributed by atoms with Crippen molar-refractivity contribution in [3.05, 3.63) is 53.6 Å². The molecule has 1 aliphatic rings. The third kappa shape index (κ3) is 6.15. The number of anilines is 1. The van der Waals surface area contributed by atoms with Gasteiger partial charge in [-0.15, -0.1) is 11.8 Å². The molecule has 7 heteroatoms. The highest BCUT2D eigenvalue weighted by atomic mass is 32.2. The summed E-state index contributed by atoms with van der Waals surface area (Å²) in [6.07, 6.45) is 0. The Hall–Kier alpha value is -2.67. The summed E-state index contributed by atoms with van der Waals surface area (Å²) in [4.78, 5) is 26.5. The maximum absolute atomic E-state index is 12.5. The number of hydrogen-bond acceptors (Lipinski definition) is 5. The van der Waals surface area contributed by atoms with Crippen LogP contribution in [0.5, 0.6) is 11.5 Å². The van der Waals surface area contributed by atoms with Gasteiger partial charge in [-0.1, -0.05) is 29.8 Å². The summed E-state index contributed by atoms with van der Waals surface area (Å²) in [6.45, 7) is 5.45. The molecule has 0 aromatic heterocycles. The zero-order valence-corrected chi connectivity index (χ0v) is 17.6. The molecule has 0 aliphatic carbocycles. The molecule has 2 amide bonds. The Morgan fingerprint density at radius 3 is 2.66 bits per heavy atom. The van der Waals surface area contributed by atoms with Crippen molar-refractivity contribution in [2.75, 3.05) is 37.4 Å². The van der Waals surface area contributed by atoms with Crippen molar-refractivity contribution < 1.29 is 19.1 Å². The van der Waals surface area contributed by atoms with E-state index in [1.807, 2.05) is 13.0 Å². The Kier molecular flexibility index (Phi) is 7.41. The van der Waals surface area contributed by atoms with Crippen molar-refractivity contribution in [2.24, 2.45) is 0 Å². The largest absolute Gasteiger partial charge is 0.486 e. The van der Waals surface area contributed by atoms with E-state index in [4.69, 9.17) is 9.47 Å². The van der Waals surface area contributed by atoms with Crippen LogP contribution in [0.3, 0.4) is 0 Å². The highest BCUT2D eigenvalue weighted by molar-refractivity contribution is 7.99. The van der Waals surface area contributed by atoms with Gasteiger partial charge in [0, 0.05) is 24.1 Å². The van der Waals surface area contributed by atoms with Gasteiger partial charge in [-0.2, -0.15) is 0 Å². The number of ether oxygens (including phenoxy) is 2. The lowest BCUT2D eigenvalue weighted by Gasteiger charge is -2.21. The maximum Gasteiger partial charge on any atom is 0.243 e. The average Bonchev–Trinajstić information content (AvgIpc) is 2.72. The van der Waals surface area contributed by atoms with Gasteiger partial charge in [0.25, 0.3) is 0 Å². The van der Waals surface area contributed by atoms with Gasteiger partial charge in [0.05, 0.1) is 12.3 Å². The Balaban J connectivity index is 1.48. The first kappa shape index (κ1) is 21.0. The van der Waals surface area contributed by atoms with Crippen LogP contribution in [0, 0.1) is 6.92 Å². The second kappa shape index (κ2) is 10.2. The molecule has 0 bridgehead atoms. The van der Waals surface area contributed by atoms with Crippen molar-refractivity contribution >= 4 is 29.3 Å². The van der Waals surface area contributed by atoms with E-state index < -0.39 is 0 Å². The predicted molar refractivity (Wildman–Crippen MR) is 116 cm³/mol. The Morgan fingerprint density at radius 2 is 1.90 bits per heavy atom. The summed E-state index contributed by atoms with van der Waals surface area (Å²) >= 11 is 1.56. The molecule has 6 nitrogen and oxygen atoms in total. The summed E-state index contributed by atoms with van der Waals surface area (Å²) in [6, 6.07) is 13.5. The monoisotopic (exact) mass is 414 g/mol. The minimum atomic E-state index is -0.236. The number of amides is 2. The Labute approximate surface area is 175 Å². The fourth-order valence-electron chi connectivity index (χ4n) is 3.02. The zero-order valence-electron chi connectivity index (χ0n) is 16.8. The van der Waals surface area contributed by atoms with Crippen LogP contribution in [0.1, 0.15) is 18.1 Å². The van der Waals surface area contributed by atoms with Crippen LogP contribution in [-0.2, 0) is 15.3 Å². The van der Waals surface area contributed by atoms with Crippen LogP contribution in [0.15, 0.2) is 42.5 Å². The van der Waals surface area contributed by atoms with Crippen molar-refractivity contribution in [3.8, 4) is 11.5 Å². The Morgan fingerprint density at radius 1 is 1.10 bits per heavy atom. The van der Waals surface area contributed by atoms with Gasteiger partial charge in [-0.05, 0) is 31.5 Å². The van der Waals surface area contributed by atoms with Gasteiger partial charge in [0.15, 0.2) is 11.5 Å². The van der Waals surface area contributed by atoms with Gasteiger partial charge >= 0.3 is 0 Å². The van der Waals surface area contributed by atoms with E-state index in [2.05, 4.69) is 30.4 Å². The topological polar surface area (TPSA) is 67.9 Å². The molecular formula is C22H26N2O4S. The van der Waals surface area contributed by atoms with Gasteiger partial charge in [-0.3, -0.25) is 9.59 Å². The first-order valence-corrected chi connectivity index (χ1v) is 10.8. The smallest absolute Gasteiger partial charge is 0.243 e. The second-order valence-electron chi connectivity index (χ2n) is 6.80. The molecule has 1 aliphatic heterocycles. The SMILES string of the molecule is CCN(CC(=O)Nc1ccc2c(c1)OCCO2)C(=O)CSCc1cccc(C)c1. The third-order valence-electron chi connectivity index (χ3n) is 4.47. The van der Waals surface area contributed by atoms with E-state index in [1.165, 1.54) is 11.1 Å². The summed E-state index contributed by atoms with van der Waals surface area (Å²) in [5, 5.41) is 2.82. The lowest BCUT2D eigenvalue weighted by atomic mass is 10.2.